The summed E-state index contributed by atoms with van der Waals surface area (Å²) >= 11 is 4.88. The molecule has 13 heteroatoms. The third kappa shape index (κ3) is 5.31. The van der Waals surface area contributed by atoms with E-state index < -0.39 is 70.6 Å². The number of rotatable bonds is 7. The van der Waals surface area contributed by atoms with Crippen LogP contribution in [-0.4, -0.2) is 71.3 Å². The first kappa shape index (κ1) is 28.5. The van der Waals surface area contributed by atoms with E-state index >= 15 is 0 Å². The second kappa shape index (κ2) is 10.2. The van der Waals surface area contributed by atoms with Gasteiger partial charge in [0.1, 0.15) is 24.3 Å². The largest absolute Gasteiger partial charge is 0.399 e. The van der Waals surface area contributed by atoms with Crippen molar-refractivity contribution in [3.63, 3.8) is 0 Å². The highest BCUT2D eigenvalue weighted by Crippen LogP contribution is 2.58. The van der Waals surface area contributed by atoms with Gasteiger partial charge in [-0.15, -0.1) is 0 Å². The van der Waals surface area contributed by atoms with Crippen molar-refractivity contribution in [2.24, 2.45) is 35.0 Å². The van der Waals surface area contributed by atoms with Crippen LogP contribution in [0.2, 0.25) is 0 Å². The van der Waals surface area contributed by atoms with Gasteiger partial charge in [-0.25, -0.2) is 4.39 Å². The summed E-state index contributed by atoms with van der Waals surface area (Å²) in [7, 11) is 0. The average Bonchev–Trinajstić information content (AvgIpc) is 3.56. The zero-order chi connectivity index (χ0) is 28.2. The van der Waals surface area contributed by atoms with E-state index in [0.717, 1.165) is 0 Å². The van der Waals surface area contributed by atoms with E-state index in [-0.39, 0.29) is 30.7 Å². The van der Waals surface area contributed by atoms with Gasteiger partial charge in [0.05, 0.1) is 6.07 Å². The number of fused-ring (bicyclic) bond motifs is 5. The van der Waals surface area contributed by atoms with E-state index in [2.05, 4.69) is 10.6 Å². The summed E-state index contributed by atoms with van der Waals surface area (Å²) in [4.78, 5) is 52.7. The van der Waals surface area contributed by atoms with E-state index in [1.165, 1.54) is 4.90 Å². The Labute approximate surface area is 224 Å². The lowest BCUT2D eigenvalue weighted by atomic mass is 9.77. The van der Waals surface area contributed by atoms with Crippen LogP contribution in [0.4, 0.5) is 13.2 Å². The predicted molar refractivity (Wildman–Crippen MR) is 129 cm³/mol. The van der Waals surface area contributed by atoms with E-state index in [1.807, 2.05) is 11.4 Å². The van der Waals surface area contributed by atoms with Crippen LogP contribution in [0, 0.1) is 46.3 Å². The number of hydrogen-bond acceptors (Lipinski definition) is 5. The number of carbonyl (C=O) groups excluding carboxylic acids is 4. The maximum atomic E-state index is 14.8. The summed E-state index contributed by atoms with van der Waals surface area (Å²) in [5.74, 6) is -5.04. The SMILES string of the molecule is CC(C)(C)[C@H](NC(=O)C(F)(F)Cl)C(=O)N1C[C@@H]2[C@H]3C[C@@H]([C@@H]2[C@H]1C(=O)N[C@H](C#N)C[C@@H]1CCNC1=O)[C@H](F)C3. The van der Waals surface area contributed by atoms with Gasteiger partial charge in [0.2, 0.25) is 17.7 Å². The summed E-state index contributed by atoms with van der Waals surface area (Å²) in [6, 6.07) is -1.61. The summed E-state index contributed by atoms with van der Waals surface area (Å²) < 4.78 is 41.8. The van der Waals surface area contributed by atoms with Gasteiger partial charge in [-0.1, -0.05) is 20.8 Å². The second-order valence-corrected chi connectivity index (χ2v) is 12.5. The number of carbonyl (C=O) groups is 4. The number of nitrogens with one attached hydrogen (secondary N) is 3. The lowest BCUT2D eigenvalue weighted by Crippen LogP contribution is -2.60. The molecule has 2 heterocycles. The van der Waals surface area contributed by atoms with Gasteiger partial charge in [0.15, 0.2) is 0 Å². The minimum Gasteiger partial charge on any atom is -0.356 e. The van der Waals surface area contributed by atoms with E-state index in [4.69, 9.17) is 11.6 Å². The van der Waals surface area contributed by atoms with Crippen LogP contribution in [0.3, 0.4) is 0 Å². The first-order valence-corrected chi connectivity index (χ1v) is 13.3. The minimum absolute atomic E-state index is 0.0306. The lowest BCUT2D eigenvalue weighted by Gasteiger charge is -2.37. The standard InChI is InChI=1S/C25H33ClF3N5O4/c1-24(2,3)19(33-23(38)25(26,28)29)22(37)34-10-15-12-7-14(16(27)8-12)17(15)18(34)21(36)32-13(9-30)6-11-4-5-31-20(11)35/h11-19H,4-8,10H2,1-3H3,(H,31,35)(H,32,36)(H,33,38)/t11-,12-,13-,14+,15+,16+,17-,18-,19+/m0/s1. The zero-order valence-corrected chi connectivity index (χ0v) is 22.2. The van der Waals surface area contributed by atoms with Crippen molar-refractivity contribution in [1.29, 1.82) is 5.26 Å². The van der Waals surface area contributed by atoms with Crippen molar-refractivity contribution in [2.75, 3.05) is 13.1 Å². The van der Waals surface area contributed by atoms with Crippen molar-refractivity contribution < 1.29 is 32.3 Å². The van der Waals surface area contributed by atoms with Crippen LogP contribution in [0.25, 0.3) is 0 Å². The highest BCUT2D eigenvalue weighted by molar-refractivity contribution is 6.32. The zero-order valence-electron chi connectivity index (χ0n) is 21.5. The van der Waals surface area contributed by atoms with Gasteiger partial charge in [0.25, 0.3) is 0 Å². The van der Waals surface area contributed by atoms with Crippen molar-refractivity contribution >= 4 is 35.2 Å². The molecule has 210 valence electrons. The number of alkyl halides is 4. The molecular weight excluding hydrogens is 527 g/mol. The van der Waals surface area contributed by atoms with Gasteiger partial charge in [-0.05, 0) is 66.4 Å². The Morgan fingerprint density at radius 3 is 2.45 bits per heavy atom. The molecule has 2 bridgehead atoms. The quantitative estimate of drug-likeness (QED) is 0.409. The first-order valence-electron chi connectivity index (χ1n) is 12.9. The molecule has 3 N–H and O–H groups in total. The number of amides is 4. The molecule has 0 aromatic heterocycles. The Hall–Kier alpha value is -2.55. The summed E-state index contributed by atoms with van der Waals surface area (Å²) in [6.45, 7) is 5.32. The van der Waals surface area contributed by atoms with Gasteiger partial charge in [0, 0.05) is 19.0 Å². The van der Waals surface area contributed by atoms with Crippen molar-refractivity contribution in [3.8, 4) is 6.07 Å². The Morgan fingerprint density at radius 2 is 1.89 bits per heavy atom. The number of halogens is 4. The maximum Gasteiger partial charge on any atom is 0.399 e. The fourth-order valence-corrected chi connectivity index (χ4v) is 6.91. The highest BCUT2D eigenvalue weighted by atomic mass is 35.5. The monoisotopic (exact) mass is 559 g/mol. The Bertz CT molecular complexity index is 1040. The van der Waals surface area contributed by atoms with Gasteiger partial charge >= 0.3 is 11.3 Å². The summed E-state index contributed by atoms with van der Waals surface area (Å²) in [6.07, 6.45) is 0.402. The van der Waals surface area contributed by atoms with Crippen molar-refractivity contribution in [1.82, 2.24) is 20.9 Å². The van der Waals surface area contributed by atoms with E-state index in [1.54, 1.807) is 20.8 Å². The molecule has 9 atom stereocenters. The van der Waals surface area contributed by atoms with Crippen LogP contribution in [-0.2, 0) is 19.2 Å². The summed E-state index contributed by atoms with van der Waals surface area (Å²) in [5, 5.41) is 12.8. The fraction of sp³-hybridized carbons (Fsp3) is 0.800. The lowest BCUT2D eigenvalue weighted by molar-refractivity contribution is -0.148. The summed E-state index contributed by atoms with van der Waals surface area (Å²) in [5.41, 5.74) is -1.03. The van der Waals surface area contributed by atoms with E-state index in [9.17, 15) is 37.6 Å². The molecule has 0 spiro atoms. The molecule has 2 aliphatic heterocycles. The first-order chi connectivity index (χ1) is 17.6. The molecule has 0 aromatic rings. The molecule has 2 saturated heterocycles. The number of hydrogen-bond donors (Lipinski definition) is 3. The number of nitriles is 1. The highest BCUT2D eigenvalue weighted by Gasteiger charge is 2.63. The third-order valence-electron chi connectivity index (χ3n) is 8.62. The third-order valence-corrected chi connectivity index (χ3v) is 8.79. The van der Waals surface area contributed by atoms with Crippen LogP contribution >= 0.6 is 11.6 Å². The number of nitrogens with zero attached hydrogens (tertiary/aromatic N) is 2. The average molecular weight is 560 g/mol. The Kier molecular flexibility index (Phi) is 7.64. The molecular formula is C25H33ClF3N5O4. The molecule has 4 amide bonds. The molecule has 2 saturated carbocycles. The van der Waals surface area contributed by atoms with Crippen LogP contribution in [0.15, 0.2) is 0 Å². The Morgan fingerprint density at radius 1 is 1.21 bits per heavy atom. The number of likely N-dealkylation sites (tertiary alicyclic amines) is 1. The topological polar surface area (TPSA) is 131 Å². The van der Waals surface area contributed by atoms with Crippen LogP contribution in [0.5, 0.6) is 0 Å². The van der Waals surface area contributed by atoms with Crippen molar-refractivity contribution in [3.05, 3.63) is 0 Å². The smallest absolute Gasteiger partial charge is 0.356 e. The van der Waals surface area contributed by atoms with Crippen molar-refractivity contribution in [2.45, 2.75) is 76.1 Å². The molecule has 9 nitrogen and oxygen atoms in total. The predicted octanol–water partition coefficient (Wildman–Crippen LogP) is 1.70. The Balaban J connectivity index is 1.60. The normalized spacial score (nSPS) is 33.8. The molecule has 0 unspecified atom stereocenters. The maximum absolute atomic E-state index is 14.8. The fourth-order valence-electron chi connectivity index (χ4n) is 6.85. The molecule has 0 aromatic carbocycles. The minimum atomic E-state index is -4.24. The second-order valence-electron chi connectivity index (χ2n) is 12.1. The molecule has 0 radical (unpaired) electrons. The molecule has 2 aliphatic carbocycles. The molecule has 4 fully saturated rings. The van der Waals surface area contributed by atoms with Gasteiger partial charge in [-0.2, -0.15) is 14.0 Å². The molecule has 4 aliphatic rings. The molecule has 38 heavy (non-hydrogen) atoms. The van der Waals surface area contributed by atoms with Gasteiger partial charge in [-0.3, -0.25) is 19.2 Å². The molecule has 4 rings (SSSR count). The van der Waals surface area contributed by atoms with Crippen LogP contribution in [0.1, 0.15) is 46.5 Å². The van der Waals surface area contributed by atoms with E-state index in [0.29, 0.717) is 25.8 Å². The van der Waals surface area contributed by atoms with Crippen LogP contribution < -0.4 is 16.0 Å². The van der Waals surface area contributed by atoms with Gasteiger partial charge < -0.3 is 20.9 Å².